The number of halogens is 1. The minimum atomic E-state index is -0.461. The lowest BCUT2D eigenvalue weighted by Gasteiger charge is -2.10. The van der Waals surface area contributed by atoms with Crippen molar-refractivity contribution in [3.8, 4) is 16.9 Å². The molecule has 3 rings (SSSR count). The van der Waals surface area contributed by atoms with Crippen molar-refractivity contribution in [1.29, 1.82) is 0 Å². The molecule has 26 heavy (non-hydrogen) atoms. The van der Waals surface area contributed by atoms with Crippen LogP contribution in [0, 0.1) is 5.82 Å². The highest BCUT2D eigenvalue weighted by Crippen LogP contribution is 2.24. The van der Waals surface area contributed by atoms with Crippen molar-refractivity contribution in [1.82, 2.24) is 10.3 Å². The third-order valence-electron chi connectivity index (χ3n) is 3.88. The molecular formula is C21H19FN2O2. The number of nitrogens with one attached hydrogen (secondary N) is 1. The van der Waals surface area contributed by atoms with Crippen LogP contribution in [0.5, 0.6) is 5.75 Å². The van der Waals surface area contributed by atoms with Crippen LogP contribution >= 0.6 is 0 Å². The van der Waals surface area contributed by atoms with E-state index >= 15 is 0 Å². The average Bonchev–Trinajstić information content (AvgIpc) is 2.68. The second-order valence-electron chi connectivity index (χ2n) is 5.72. The minimum absolute atomic E-state index is 0.0814. The Bertz CT molecular complexity index is 898. The van der Waals surface area contributed by atoms with Gasteiger partial charge in [-0.25, -0.2) is 4.39 Å². The second kappa shape index (κ2) is 8.25. The molecule has 0 bridgehead atoms. The maximum atomic E-state index is 14.2. The summed E-state index contributed by atoms with van der Waals surface area (Å²) < 4.78 is 20.0. The van der Waals surface area contributed by atoms with Crippen LogP contribution in [0.25, 0.3) is 11.1 Å². The average molecular weight is 350 g/mol. The Labute approximate surface area is 151 Å². The zero-order valence-corrected chi connectivity index (χ0v) is 14.4. The lowest BCUT2D eigenvalue weighted by atomic mass is 10.1. The molecule has 5 heteroatoms. The predicted octanol–water partition coefficient (Wildman–Crippen LogP) is 4.22. The highest BCUT2D eigenvalue weighted by atomic mass is 19.1. The molecule has 4 nitrogen and oxygen atoms in total. The van der Waals surface area contributed by atoms with Crippen LogP contribution in [0.3, 0.4) is 0 Å². The molecule has 1 aromatic heterocycles. The van der Waals surface area contributed by atoms with Gasteiger partial charge in [0.15, 0.2) is 0 Å². The molecule has 0 radical (unpaired) electrons. The number of benzene rings is 2. The molecule has 0 spiro atoms. The van der Waals surface area contributed by atoms with E-state index < -0.39 is 5.82 Å². The summed E-state index contributed by atoms with van der Waals surface area (Å²) in [5.74, 6) is -0.112. The molecule has 132 valence electrons. The lowest BCUT2D eigenvalue weighted by Crippen LogP contribution is -2.22. The molecular weight excluding hydrogens is 331 g/mol. The Kier molecular flexibility index (Phi) is 5.59. The van der Waals surface area contributed by atoms with E-state index in [1.165, 1.54) is 6.07 Å². The highest BCUT2D eigenvalue weighted by molar-refractivity contribution is 5.94. The summed E-state index contributed by atoms with van der Waals surface area (Å²) in [6.45, 7) is 2.40. The van der Waals surface area contributed by atoms with Gasteiger partial charge >= 0.3 is 0 Å². The fraction of sp³-hybridized carbons (Fsp3) is 0.143. The lowest BCUT2D eigenvalue weighted by molar-refractivity contribution is 0.0955. The summed E-state index contributed by atoms with van der Waals surface area (Å²) in [6, 6.07) is 15.8. The Morgan fingerprint density at radius 3 is 2.69 bits per heavy atom. The first-order valence-corrected chi connectivity index (χ1v) is 8.37. The summed E-state index contributed by atoms with van der Waals surface area (Å²) in [5.41, 5.74) is 2.65. The first-order chi connectivity index (χ1) is 12.7. The molecule has 0 atom stereocenters. The molecule has 0 saturated heterocycles. The maximum absolute atomic E-state index is 14.2. The number of hydrogen-bond donors (Lipinski definition) is 1. The number of hydrogen-bond acceptors (Lipinski definition) is 3. The zero-order chi connectivity index (χ0) is 18.4. The fourth-order valence-corrected chi connectivity index (χ4v) is 2.53. The fourth-order valence-electron chi connectivity index (χ4n) is 2.53. The monoisotopic (exact) mass is 350 g/mol. The number of carbonyl (C=O) groups excluding carboxylic acids is 1. The third kappa shape index (κ3) is 4.25. The van der Waals surface area contributed by atoms with E-state index in [0.29, 0.717) is 23.4 Å². The van der Waals surface area contributed by atoms with Crippen LogP contribution < -0.4 is 10.1 Å². The Hall–Kier alpha value is -3.21. The first kappa shape index (κ1) is 17.6. The van der Waals surface area contributed by atoms with Gasteiger partial charge in [0.05, 0.1) is 0 Å². The van der Waals surface area contributed by atoms with Crippen LogP contribution in [0.1, 0.15) is 22.8 Å². The first-order valence-electron chi connectivity index (χ1n) is 8.37. The molecule has 0 saturated carbocycles. The number of ether oxygens (including phenoxy) is 1. The summed E-state index contributed by atoms with van der Waals surface area (Å²) >= 11 is 0. The Morgan fingerprint density at radius 2 is 1.96 bits per heavy atom. The smallest absolute Gasteiger partial charge is 0.251 e. The quantitative estimate of drug-likeness (QED) is 0.724. The van der Waals surface area contributed by atoms with Crippen molar-refractivity contribution in [3.05, 3.63) is 83.9 Å². The number of nitrogens with zero attached hydrogens (tertiary/aromatic N) is 1. The molecule has 1 amide bonds. The molecule has 0 fully saturated rings. The van der Waals surface area contributed by atoms with Gasteiger partial charge in [-0.05, 0) is 42.8 Å². The van der Waals surface area contributed by atoms with Crippen LogP contribution in [-0.4, -0.2) is 17.4 Å². The van der Waals surface area contributed by atoms with Crippen LogP contribution in [-0.2, 0) is 6.61 Å². The van der Waals surface area contributed by atoms with Crippen molar-refractivity contribution >= 4 is 5.91 Å². The van der Waals surface area contributed by atoms with E-state index in [-0.39, 0.29) is 12.5 Å². The van der Waals surface area contributed by atoms with Gasteiger partial charge < -0.3 is 10.1 Å². The van der Waals surface area contributed by atoms with Crippen molar-refractivity contribution in [3.63, 3.8) is 0 Å². The van der Waals surface area contributed by atoms with Crippen LogP contribution in [0.4, 0.5) is 4.39 Å². The van der Waals surface area contributed by atoms with Crippen molar-refractivity contribution in [2.24, 2.45) is 0 Å². The standard InChI is InChI=1S/C21H19FN2O2/c1-2-24-21(25)16-8-9-18(20(22)12-16)14-26-19-7-3-5-15(11-19)17-6-4-10-23-13-17/h3-13H,2,14H2,1H3,(H,24,25). The minimum Gasteiger partial charge on any atom is -0.489 e. The predicted molar refractivity (Wildman–Crippen MR) is 98.4 cm³/mol. The number of amides is 1. The third-order valence-corrected chi connectivity index (χ3v) is 3.88. The normalized spacial score (nSPS) is 10.4. The number of rotatable bonds is 6. The van der Waals surface area contributed by atoms with Gasteiger partial charge in [0.25, 0.3) is 5.91 Å². The second-order valence-corrected chi connectivity index (χ2v) is 5.72. The molecule has 3 aromatic rings. The number of carbonyl (C=O) groups is 1. The van der Waals surface area contributed by atoms with Gasteiger partial charge in [0.1, 0.15) is 18.2 Å². The number of pyridine rings is 1. The highest BCUT2D eigenvalue weighted by Gasteiger charge is 2.10. The molecule has 0 aliphatic heterocycles. The van der Waals surface area contributed by atoms with Crippen molar-refractivity contribution in [2.45, 2.75) is 13.5 Å². The van der Waals surface area contributed by atoms with Crippen molar-refractivity contribution in [2.75, 3.05) is 6.54 Å². The number of aromatic nitrogens is 1. The maximum Gasteiger partial charge on any atom is 0.251 e. The molecule has 0 unspecified atom stereocenters. The summed E-state index contributed by atoms with van der Waals surface area (Å²) in [4.78, 5) is 15.9. The van der Waals surface area contributed by atoms with E-state index in [1.54, 1.807) is 24.5 Å². The molecule has 0 aliphatic rings. The van der Waals surface area contributed by atoms with E-state index in [2.05, 4.69) is 10.3 Å². The van der Waals surface area contributed by atoms with E-state index in [0.717, 1.165) is 11.1 Å². The summed E-state index contributed by atoms with van der Waals surface area (Å²) in [6.07, 6.45) is 3.50. The van der Waals surface area contributed by atoms with Gasteiger partial charge in [-0.3, -0.25) is 9.78 Å². The SMILES string of the molecule is CCNC(=O)c1ccc(COc2cccc(-c3cccnc3)c2)c(F)c1. The topological polar surface area (TPSA) is 51.2 Å². The van der Waals surface area contributed by atoms with Gasteiger partial charge in [-0.2, -0.15) is 0 Å². The largest absolute Gasteiger partial charge is 0.489 e. The van der Waals surface area contributed by atoms with Gasteiger partial charge in [0.2, 0.25) is 0 Å². The molecule has 1 heterocycles. The van der Waals surface area contributed by atoms with E-state index in [1.807, 2.05) is 43.3 Å². The summed E-state index contributed by atoms with van der Waals surface area (Å²) in [5, 5.41) is 2.65. The van der Waals surface area contributed by atoms with E-state index in [9.17, 15) is 9.18 Å². The van der Waals surface area contributed by atoms with Gasteiger partial charge in [0, 0.05) is 35.6 Å². The van der Waals surface area contributed by atoms with Crippen LogP contribution in [0.2, 0.25) is 0 Å². The van der Waals surface area contributed by atoms with Gasteiger partial charge in [-0.15, -0.1) is 0 Å². The zero-order valence-electron chi connectivity index (χ0n) is 14.4. The van der Waals surface area contributed by atoms with E-state index in [4.69, 9.17) is 4.74 Å². The molecule has 1 N–H and O–H groups in total. The van der Waals surface area contributed by atoms with Gasteiger partial charge in [-0.1, -0.05) is 24.3 Å². The summed E-state index contributed by atoms with van der Waals surface area (Å²) in [7, 11) is 0. The van der Waals surface area contributed by atoms with Crippen LogP contribution in [0.15, 0.2) is 67.0 Å². The Morgan fingerprint density at radius 1 is 1.12 bits per heavy atom. The molecule has 0 aliphatic carbocycles. The van der Waals surface area contributed by atoms with Crippen molar-refractivity contribution < 1.29 is 13.9 Å². The molecule has 2 aromatic carbocycles. The Balaban J connectivity index is 1.70.